The number of aromatic nitrogens is 2. The third-order valence-electron chi connectivity index (χ3n) is 19.1. The Balaban J connectivity index is 0.828. The van der Waals surface area contributed by atoms with Crippen LogP contribution in [0.15, 0.2) is 285 Å². The van der Waals surface area contributed by atoms with Crippen molar-refractivity contribution in [2.45, 2.75) is 38.5 Å². The molecule has 3 nitrogen and oxygen atoms in total. The molecule has 0 radical (unpaired) electrons. The number of benzene rings is 13. The van der Waals surface area contributed by atoms with Gasteiger partial charge in [-0.3, -0.25) is 0 Å². The first-order valence-electron chi connectivity index (χ1n) is 29.8. The fourth-order valence-corrected chi connectivity index (χ4v) is 15.1. The van der Waals surface area contributed by atoms with Gasteiger partial charge in [0.05, 0.1) is 27.9 Å². The molecule has 17 rings (SSSR count). The highest BCUT2D eigenvalue weighted by Crippen LogP contribution is 2.55. The van der Waals surface area contributed by atoms with Crippen LogP contribution in [0.1, 0.15) is 49.9 Å². The van der Waals surface area contributed by atoms with E-state index in [1.807, 2.05) is 0 Å². The van der Waals surface area contributed by atoms with Crippen molar-refractivity contribution in [3.8, 4) is 67.1 Å². The van der Waals surface area contributed by atoms with Gasteiger partial charge in [-0.1, -0.05) is 240 Å². The summed E-state index contributed by atoms with van der Waals surface area (Å²) in [6.07, 6.45) is 0. The largest absolute Gasteiger partial charge is 0.310 e. The number of nitrogens with zero attached hydrogens (tertiary/aromatic N) is 3. The molecule has 0 saturated carbocycles. The minimum Gasteiger partial charge on any atom is -0.310 e. The van der Waals surface area contributed by atoms with E-state index in [-0.39, 0.29) is 10.8 Å². The van der Waals surface area contributed by atoms with E-state index in [0.29, 0.717) is 0 Å². The second kappa shape index (κ2) is 18.5. The molecule has 3 heteroatoms. The Kier molecular flexibility index (Phi) is 10.7. The first-order chi connectivity index (χ1) is 41.7. The average Bonchev–Trinajstić information content (AvgIpc) is 2.00. The zero-order valence-electron chi connectivity index (χ0n) is 48.0. The summed E-state index contributed by atoms with van der Waals surface area (Å²) in [7, 11) is 0. The molecule has 2 aliphatic rings. The number of fused-ring (bicyclic) bond motifs is 13. The molecular weight excluding hydrogens is 1030 g/mol. The molecule has 0 unspecified atom stereocenters. The molecule has 2 aromatic heterocycles. The lowest BCUT2D eigenvalue weighted by Crippen LogP contribution is -2.18. The van der Waals surface area contributed by atoms with Crippen molar-refractivity contribution in [3.05, 3.63) is 307 Å². The quantitative estimate of drug-likeness (QED) is 0.148. The van der Waals surface area contributed by atoms with Crippen molar-refractivity contribution in [2.75, 3.05) is 4.90 Å². The van der Waals surface area contributed by atoms with Crippen molar-refractivity contribution in [1.82, 2.24) is 9.13 Å². The molecule has 0 aliphatic heterocycles. The van der Waals surface area contributed by atoms with Crippen LogP contribution in [0.5, 0.6) is 0 Å². The lowest BCUT2D eigenvalue weighted by molar-refractivity contribution is 0.660. The van der Waals surface area contributed by atoms with Crippen LogP contribution in [0.4, 0.5) is 17.1 Å². The van der Waals surface area contributed by atoms with Crippen LogP contribution >= 0.6 is 0 Å². The van der Waals surface area contributed by atoms with E-state index in [2.05, 4.69) is 327 Å². The molecule has 0 fully saturated rings. The van der Waals surface area contributed by atoms with Crippen molar-refractivity contribution in [3.63, 3.8) is 0 Å². The van der Waals surface area contributed by atoms with Gasteiger partial charge in [-0.25, -0.2) is 0 Å². The monoisotopic (exact) mass is 1090 g/mol. The fraction of sp³-hybridized carbons (Fsp3) is 0.0732. The van der Waals surface area contributed by atoms with Crippen LogP contribution in [0.25, 0.3) is 121 Å². The van der Waals surface area contributed by atoms with Crippen LogP contribution < -0.4 is 4.90 Å². The molecule has 0 atom stereocenters. The maximum Gasteiger partial charge on any atom is 0.0620 e. The summed E-state index contributed by atoms with van der Waals surface area (Å²) >= 11 is 0. The van der Waals surface area contributed by atoms with Gasteiger partial charge in [-0.2, -0.15) is 0 Å². The van der Waals surface area contributed by atoms with Crippen molar-refractivity contribution in [1.29, 1.82) is 0 Å². The van der Waals surface area contributed by atoms with Crippen LogP contribution in [-0.2, 0) is 10.8 Å². The summed E-state index contributed by atoms with van der Waals surface area (Å²) in [6, 6.07) is 106. The van der Waals surface area contributed by atoms with E-state index >= 15 is 0 Å². The van der Waals surface area contributed by atoms with Crippen molar-refractivity contribution >= 4 is 71.3 Å². The third-order valence-corrected chi connectivity index (χ3v) is 19.1. The first kappa shape index (κ1) is 49.2. The lowest BCUT2D eigenvalue weighted by Gasteiger charge is -2.30. The van der Waals surface area contributed by atoms with Gasteiger partial charge in [-0.05, 0) is 150 Å². The average molecular weight is 1090 g/mol. The summed E-state index contributed by atoms with van der Waals surface area (Å²) in [5.74, 6) is 0. The van der Waals surface area contributed by atoms with Gasteiger partial charge in [0, 0.05) is 66.1 Å². The summed E-state index contributed by atoms with van der Waals surface area (Å²) < 4.78 is 4.97. The second-order valence-electron chi connectivity index (χ2n) is 24.4. The number of hydrogen-bond acceptors (Lipinski definition) is 1. The van der Waals surface area contributed by atoms with Crippen LogP contribution in [-0.4, -0.2) is 9.13 Å². The van der Waals surface area contributed by atoms with E-state index in [1.54, 1.807) is 0 Å². The number of rotatable bonds is 8. The number of hydrogen-bond donors (Lipinski definition) is 0. The smallest absolute Gasteiger partial charge is 0.0620 e. The Bertz CT molecular complexity index is 5230. The fourth-order valence-electron chi connectivity index (χ4n) is 15.1. The Labute approximate surface area is 495 Å². The molecule has 402 valence electrons. The Hall–Kier alpha value is -10.5. The SMILES string of the molecule is CC1(C)c2ccccc2-c2ccc(N(c3ccc4c(c3)C(C)(C)c3cc(-c5cccc6c5ccc5c(-c7ccccc7)c(-c7ccccc7)n(-c7cccc8ccccc78)c56)ccc3-4)c3ccc4c(c3)c3ccccc3n4-c3ccccc3)cc21. The first-order valence-corrected chi connectivity index (χ1v) is 29.8. The summed E-state index contributed by atoms with van der Waals surface area (Å²) in [5, 5.41) is 8.56. The standard InChI is InChI=1S/C82H59N3/c1-81(2)71-35-18-16-31-63(71)65-43-39-58(50-73(65)81)83(57-41-47-77-70(49-57)67-32-17-19-36-76(67)84(77)56-28-12-7-13-29-56)59-40-44-66-64-42-38-55(48-72(64)82(3,4)74(66)51-59)60-33-21-34-68-62(60)45-46-69-78(53-23-8-5-9-24-53)79(54-25-10-6-11-26-54)85(80(68)69)75-37-20-27-52-22-14-15-30-61(52)75/h5-51H,1-4H3. The third kappa shape index (κ3) is 7.26. The lowest BCUT2D eigenvalue weighted by atomic mass is 9.81. The highest BCUT2D eigenvalue weighted by Gasteiger charge is 2.39. The molecule has 85 heavy (non-hydrogen) atoms. The zero-order valence-corrected chi connectivity index (χ0v) is 48.0. The molecule has 0 spiro atoms. The molecule has 0 bridgehead atoms. The molecule has 0 N–H and O–H groups in total. The molecular formula is C82H59N3. The van der Waals surface area contributed by atoms with Gasteiger partial charge in [0.25, 0.3) is 0 Å². The second-order valence-corrected chi connectivity index (χ2v) is 24.4. The number of para-hydroxylation sites is 2. The van der Waals surface area contributed by atoms with Gasteiger partial charge in [0.15, 0.2) is 0 Å². The van der Waals surface area contributed by atoms with Crippen molar-refractivity contribution in [2.24, 2.45) is 0 Å². The van der Waals surface area contributed by atoms with Crippen LogP contribution in [0.3, 0.4) is 0 Å². The minimum absolute atomic E-state index is 0.159. The maximum absolute atomic E-state index is 2.56. The van der Waals surface area contributed by atoms with Gasteiger partial charge in [0.1, 0.15) is 0 Å². The molecule has 13 aromatic carbocycles. The zero-order chi connectivity index (χ0) is 56.7. The molecule has 15 aromatic rings. The van der Waals surface area contributed by atoms with Gasteiger partial charge in [-0.15, -0.1) is 0 Å². The maximum atomic E-state index is 2.56. The molecule has 2 heterocycles. The van der Waals surface area contributed by atoms with Gasteiger partial charge >= 0.3 is 0 Å². The van der Waals surface area contributed by atoms with Crippen LogP contribution in [0, 0.1) is 0 Å². The van der Waals surface area contributed by atoms with Crippen LogP contribution in [0.2, 0.25) is 0 Å². The predicted molar refractivity (Wildman–Crippen MR) is 359 cm³/mol. The van der Waals surface area contributed by atoms with E-state index in [4.69, 9.17) is 0 Å². The summed E-state index contributed by atoms with van der Waals surface area (Å²) in [6.45, 7) is 9.61. The normalized spacial score (nSPS) is 13.6. The minimum atomic E-state index is -0.312. The molecule has 2 aliphatic carbocycles. The van der Waals surface area contributed by atoms with E-state index in [9.17, 15) is 0 Å². The summed E-state index contributed by atoms with van der Waals surface area (Å²) in [5.41, 5.74) is 26.7. The highest BCUT2D eigenvalue weighted by molar-refractivity contribution is 6.19. The van der Waals surface area contributed by atoms with Crippen molar-refractivity contribution < 1.29 is 0 Å². The van der Waals surface area contributed by atoms with E-state index in [0.717, 1.165) is 22.7 Å². The molecule has 0 saturated heterocycles. The van der Waals surface area contributed by atoms with E-state index < -0.39 is 0 Å². The number of anilines is 3. The Morgan fingerprint density at radius 1 is 0.294 bits per heavy atom. The topological polar surface area (TPSA) is 13.1 Å². The predicted octanol–water partition coefficient (Wildman–Crippen LogP) is 22.1. The van der Waals surface area contributed by atoms with Gasteiger partial charge in [0.2, 0.25) is 0 Å². The Morgan fingerprint density at radius 3 is 1.56 bits per heavy atom. The van der Waals surface area contributed by atoms with E-state index in [1.165, 1.54) is 138 Å². The van der Waals surface area contributed by atoms with Gasteiger partial charge < -0.3 is 14.0 Å². The Morgan fingerprint density at radius 2 is 0.812 bits per heavy atom. The summed E-state index contributed by atoms with van der Waals surface area (Å²) in [4.78, 5) is 2.51. The highest BCUT2D eigenvalue weighted by atomic mass is 15.1. The molecule has 0 amide bonds.